The summed E-state index contributed by atoms with van der Waals surface area (Å²) in [4.78, 5) is 2.44. The van der Waals surface area contributed by atoms with Gasteiger partial charge in [0.15, 0.2) is 0 Å². The van der Waals surface area contributed by atoms with Crippen LogP contribution in [0.3, 0.4) is 0 Å². The van der Waals surface area contributed by atoms with Gasteiger partial charge < -0.3 is 10.2 Å². The molecule has 2 heterocycles. The molecule has 0 spiro atoms. The number of nitrogens with zero attached hydrogens (tertiary/aromatic N) is 1. The van der Waals surface area contributed by atoms with Gasteiger partial charge in [0.2, 0.25) is 0 Å². The molecule has 0 aromatic carbocycles. The topological polar surface area (TPSA) is 15.3 Å². The molecule has 0 bridgehead atoms. The van der Waals surface area contributed by atoms with Crippen molar-refractivity contribution in [3.63, 3.8) is 0 Å². The molecule has 0 amide bonds. The molecule has 0 saturated carbocycles. The summed E-state index contributed by atoms with van der Waals surface area (Å²) in [5.74, 6) is 0.957. The fraction of sp³-hybridized carbons (Fsp3) is 1.00. The van der Waals surface area contributed by atoms with Gasteiger partial charge in [0, 0.05) is 53.1 Å². The van der Waals surface area contributed by atoms with Crippen LogP contribution >= 0.6 is 0 Å². The first kappa shape index (κ1) is 10.1. The third-order valence-corrected chi connectivity index (χ3v) is 2.78. The minimum Gasteiger partial charge on any atom is -0.312 e. The zero-order valence-electron chi connectivity index (χ0n) is 7.14. The molecule has 2 saturated heterocycles. The van der Waals surface area contributed by atoms with Gasteiger partial charge in [-0.15, -0.1) is 0 Å². The van der Waals surface area contributed by atoms with E-state index < -0.39 is 0 Å². The van der Waals surface area contributed by atoms with Crippen LogP contribution in [0, 0.1) is 37.0 Å². The van der Waals surface area contributed by atoms with Crippen molar-refractivity contribution < 1.29 is 34.0 Å². The maximum Gasteiger partial charge on any atom is 0.0235 e. The zero-order chi connectivity index (χ0) is 6.97. The third-order valence-electron chi connectivity index (χ3n) is 2.78. The van der Waals surface area contributed by atoms with E-state index in [1.807, 2.05) is 0 Å². The van der Waals surface area contributed by atoms with Gasteiger partial charge in [-0.3, -0.25) is 0 Å². The van der Waals surface area contributed by atoms with E-state index in [9.17, 15) is 0 Å². The van der Waals surface area contributed by atoms with E-state index >= 15 is 0 Å². The molecule has 3 heteroatoms. The molecule has 1 N–H and O–H groups in total. The molecule has 0 aromatic rings. The Morgan fingerprint density at radius 3 is 3.00 bits per heavy atom. The van der Waals surface area contributed by atoms with Gasteiger partial charge in [-0.25, -0.2) is 0 Å². The average Bonchev–Trinajstić information content (AvgIpc) is 2.27. The van der Waals surface area contributed by atoms with Crippen LogP contribution < -0.4 is 5.32 Å². The van der Waals surface area contributed by atoms with Gasteiger partial charge in [0.25, 0.3) is 0 Å². The molecule has 2 unspecified atom stereocenters. The largest absolute Gasteiger partial charge is 0.312 e. The van der Waals surface area contributed by atoms with Gasteiger partial charge >= 0.3 is 0 Å². The second-order valence-electron chi connectivity index (χ2n) is 3.68. The van der Waals surface area contributed by atoms with E-state index in [1.54, 1.807) is 0 Å². The van der Waals surface area contributed by atoms with E-state index in [-0.39, 0.29) is 34.0 Å². The minimum atomic E-state index is 0. The first-order valence-electron chi connectivity index (χ1n) is 4.28. The number of nitrogens with one attached hydrogen (secondary N) is 1. The number of likely N-dealkylation sites (tertiary alicyclic amines) is 1. The van der Waals surface area contributed by atoms with E-state index in [4.69, 9.17) is 0 Å². The maximum absolute atomic E-state index is 3.57. The first-order chi connectivity index (χ1) is 4.86. The Kier molecular flexibility index (Phi) is 3.91. The van der Waals surface area contributed by atoms with Gasteiger partial charge in [-0.05, 0) is 32.4 Å². The normalized spacial score (nSPS) is 37.9. The van der Waals surface area contributed by atoms with Crippen LogP contribution in [0.1, 0.15) is 15.7 Å². The number of hydrogen-bond donors (Lipinski definition) is 1. The molecular weight excluding hydrogens is 362 g/mol. The number of rotatable bonds is 0. The number of likely N-dealkylation sites (N-methyl/N-ethyl adjacent to an activating group) is 1. The molecule has 11 heavy (non-hydrogen) atoms. The maximum atomic E-state index is 3.57. The summed E-state index contributed by atoms with van der Waals surface area (Å²) in [7, 11) is 2.22. The number of fused-ring (bicyclic) bond motifs is 1. The summed E-state index contributed by atoms with van der Waals surface area (Å²) in [5, 5.41) is 3.57. The van der Waals surface area contributed by atoms with Crippen molar-refractivity contribution in [2.45, 2.75) is 18.9 Å². The quantitative estimate of drug-likeness (QED) is 0.667. The van der Waals surface area contributed by atoms with Gasteiger partial charge in [-0.1, -0.05) is 0 Å². The molecule has 2 atom stereocenters. The molecule has 66 valence electrons. The summed E-state index contributed by atoms with van der Waals surface area (Å²) >= 11 is 0. The van der Waals surface area contributed by atoms with Crippen LogP contribution in [0.4, 0.5) is 0 Å². The van der Waals surface area contributed by atoms with E-state index in [0.29, 0.717) is 0 Å². The van der Waals surface area contributed by atoms with Gasteiger partial charge in [-0.2, -0.15) is 0 Å². The molecule has 0 aliphatic carbocycles. The van der Waals surface area contributed by atoms with Gasteiger partial charge in [0.1, 0.15) is 0 Å². The van der Waals surface area contributed by atoms with Crippen molar-refractivity contribution in [3.05, 3.63) is 0 Å². The van der Waals surface area contributed by atoms with Crippen LogP contribution in [0.2, 0.25) is 0 Å². The van der Waals surface area contributed by atoms with Crippen LogP contribution in [0.15, 0.2) is 0 Å². The van der Waals surface area contributed by atoms with Crippen molar-refractivity contribution in [3.8, 4) is 0 Å². The second-order valence-corrected chi connectivity index (χ2v) is 3.68. The summed E-state index contributed by atoms with van der Waals surface area (Å²) in [6.45, 7) is 3.83. The molecule has 2 aliphatic rings. The van der Waals surface area contributed by atoms with Crippen LogP contribution in [-0.2, 0) is 0 Å². The third kappa shape index (κ3) is 2.21. The Balaban J connectivity index is 0. The Morgan fingerprint density at radius 2 is 2.27 bits per heavy atom. The monoisotopic (exact) mass is 382 g/mol. The Hall–Kier alpha value is 0.972. The predicted molar refractivity (Wildman–Crippen MR) is 46.2 cm³/mol. The molecule has 2 rings (SSSR count). The van der Waals surface area contributed by atoms with E-state index in [2.05, 4.69) is 17.3 Å². The molecular formula is C8H20N2U. The smallest absolute Gasteiger partial charge is 0.0235 e. The van der Waals surface area contributed by atoms with Crippen LogP contribution in [0.25, 0.3) is 0 Å². The van der Waals surface area contributed by atoms with E-state index in [1.165, 1.54) is 32.5 Å². The van der Waals surface area contributed by atoms with E-state index in [0.717, 1.165) is 12.0 Å². The molecule has 0 aromatic heterocycles. The second kappa shape index (κ2) is 4.28. The first-order valence-corrected chi connectivity index (χ1v) is 4.28. The van der Waals surface area contributed by atoms with Gasteiger partial charge in [0.05, 0.1) is 0 Å². The van der Waals surface area contributed by atoms with Crippen LogP contribution in [-0.4, -0.2) is 37.6 Å². The molecule has 2 nitrogen and oxygen atoms in total. The minimum absolute atomic E-state index is 0. The Bertz CT molecular complexity index is 123. The van der Waals surface area contributed by atoms with Crippen molar-refractivity contribution in [1.29, 1.82) is 0 Å². The summed E-state index contributed by atoms with van der Waals surface area (Å²) in [6.07, 6.45) is 2.83. The summed E-state index contributed by atoms with van der Waals surface area (Å²) in [5.41, 5.74) is 0. The average molecular weight is 382 g/mol. The van der Waals surface area contributed by atoms with Crippen molar-refractivity contribution >= 4 is 0 Å². The molecule has 2 aliphatic heterocycles. The van der Waals surface area contributed by atoms with Crippen molar-refractivity contribution in [2.75, 3.05) is 26.7 Å². The molecule has 0 radical (unpaired) electrons. The fourth-order valence-electron chi connectivity index (χ4n) is 2.26. The SMILES string of the molecule is CN1CC2CCCNC2C1.[HH].[HH].[U]. The van der Waals surface area contributed by atoms with Crippen molar-refractivity contribution in [2.24, 2.45) is 5.92 Å². The Labute approximate surface area is 95.4 Å². The predicted octanol–water partition coefficient (Wildman–Crippen LogP) is 0.792. The fourth-order valence-corrected chi connectivity index (χ4v) is 2.26. The zero-order valence-corrected chi connectivity index (χ0v) is 11.3. The summed E-state index contributed by atoms with van der Waals surface area (Å²) in [6, 6.07) is 0.818. The summed E-state index contributed by atoms with van der Waals surface area (Å²) < 4.78 is 0. The number of hydrogen-bond acceptors (Lipinski definition) is 2. The van der Waals surface area contributed by atoms with Crippen molar-refractivity contribution in [1.82, 2.24) is 10.2 Å². The Morgan fingerprint density at radius 1 is 1.45 bits per heavy atom. The van der Waals surface area contributed by atoms with Crippen LogP contribution in [0.5, 0.6) is 0 Å². The number of piperidine rings is 1. The molecule has 2 fully saturated rings. The standard InChI is InChI=1S/C8H16N2.U.2H2/c1-10-5-7-3-2-4-9-8(7)6-10;;;/h7-9H,2-6H2,1H3;;2*1H.